The maximum absolute atomic E-state index is 13.4. The van der Waals surface area contributed by atoms with Crippen LogP contribution >= 0.6 is 0 Å². The molecule has 2 saturated heterocycles. The Hall–Kier alpha value is -1.04. The van der Waals surface area contributed by atoms with E-state index in [1.807, 2.05) is 0 Å². The van der Waals surface area contributed by atoms with E-state index in [4.69, 9.17) is 5.73 Å². The summed E-state index contributed by atoms with van der Waals surface area (Å²) in [6, 6.07) is 4.70. The zero-order valence-electron chi connectivity index (χ0n) is 12.3. The van der Waals surface area contributed by atoms with Gasteiger partial charge in [0.2, 0.25) is 0 Å². The largest absolute Gasteiger partial charge is 0.329 e. The van der Waals surface area contributed by atoms with E-state index in [-0.39, 0.29) is 6.04 Å². The van der Waals surface area contributed by atoms with Gasteiger partial charge in [-0.2, -0.15) is 0 Å². The summed E-state index contributed by atoms with van der Waals surface area (Å²) < 4.78 is 26.5. The summed E-state index contributed by atoms with van der Waals surface area (Å²) in [6.45, 7) is 4.76. The topological polar surface area (TPSA) is 32.5 Å². The predicted molar refractivity (Wildman–Crippen MR) is 78.9 cm³/mol. The van der Waals surface area contributed by atoms with E-state index in [2.05, 4.69) is 9.80 Å². The number of benzene rings is 1. The van der Waals surface area contributed by atoms with Gasteiger partial charge in [-0.1, -0.05) is 6.07 Å². The molecule has 0 aliphatic carbocycles. The summed E-state index contributed by atoms with van der Waals surface area (Å²) >= 11 is 0. The lowest BCUT2D eigenvalue weighted by atomic mass is 10.1. The Morgan fingerprint density at radius 2 is 1.90 bits per heavy atom. The van der Waals surface area contributed by atoms with Crippen LogP contribution in [0.5, 0.6) is 0 Å². The first-order valence-electron chi connectivity index (χ1n) is 7.82. The fourth-order valence-electron chi connectivity index (χ4n) is 3.67. The highest BCUT2D eigenvalue weighted by Gasteiger charge is 2.32. The fraction of sp³-hybridized carbons (Fsp3) is 0.625. The number of likely N-dealkylation sites (tertiary alicyclic amines) is 2. The molecule has 1 aromatic carbocycles. The third-order valence-corrected chi connectivity index (χ3v) is 4.84. The standard InChI is InChI=1S/C16H23F2N3/c17-14-4-3-12(9-15(14)18)16(10-19)21-8-5-13(11-21)20-6-1-2-7-20/h3-4,9,13,16H,1-2,5-8,10-11,19H2. The lowest BCUT2D eigenvalue weighted by Crippen LogP contribution is -2.38. The molecule has 2 aliphatic rings. The summed E-state index contributed by atoms with van der Waals surface area (Å²) in [6.07, 6.45) is 3.72. The molecular formula is C16H23F2N3. The first kappa shape index (κ1) is 14.9. The fourth-order valence-corrected chi connectivity index (χ4v) is 3.67. The lowest BCUT2D eigenvalue weighted by Gasteiger charge is -2.29. The van der Waals surface area contributed by atoms with Crippen LogP contribution < -0.4 is 5.73 Å². The average Bonchev–Trinajstić information content (AvgIpc) is 3.14. The van der Waals surface area contributed by atoms with Gasteiger partial charge in [0.25, 0.3) is 0 Å². The number of nitrogens with zero attached hydrogens (tertiary/aromatic N) is 2. The summed E-state index contributed by atoms with van der Waals surface area (Å²) in [5.41, 5.74) is 6.68. The summed E-state index contributed by atoms with van der Waals surface area (Å²) in [5.74, 6) is -1.59. The van der Waals surface area contributed by atoms with Crippen molar-refractivity contribution < 1.29 is 8.78 Å². The molecule has 3 nitrogen and oxygen atoms in total. The van der Waals surface area contributed by atoms with E-state index >= 15 is 0 Å². The van der Waals surface area contributed by atoms with Crippen LogP contribution in [-0.2, 0) is 0 Å². The Morgan fingerprint density at radius 1 is 1.14 bits per heavy atom. The van der Waals surface area contributed by atoms with Gasteiger partial charge in [-0.25, -0.2) is 8.78 Å². The zero-order chi connectivity index (χ0) is 14.8. The molecule has 0 radical (unpaired) electrons. The van der Waals surface area contributed by atoms with Crippen molar-refractivity contribution in [2.45, 2.75) is 31.3 Å². The molecule has 0 bridgehead atoms. The van der Waals surface area contributed by atoms with Gasteiger partial charge >= 0.3 is 0 Å². The van der Waals surface area contributed by atoms with Gasteiger partial charge in [0.15, 0.2) is 11.6 Å². The SMILES string of the molecule is NCC(c1ccc(F)c(F)c1)N1CCC(N2CCCC2)C1. The zero-order valence-corrected chi connectivity index (χ0v) is 12.3. The normalized spacial score (nSPS) is 25.6. The minimum absolute atomic E-state index is 0.0206. The van der Waals surface area contributed by atoms with E-state index in [9.17, 15) is 8.78 Å². The monoisotopic (exact) mass is 295 g/mol. The molecule has 0 aromatic heterocycles. The third kappa shape index (κ3) is 3.10. The van der Waals surface area contributed by atoms with Crippen LogP contribution in [0.25, 0.3) is 0 Å². The van der Waals surface area contributed by atoms with E-state index in [0.29, 0.717) is 12.6 Å². The van der Waals surface area contributed by atoms with Crippen LogP contribution in [0, 0.1) is 11.6 Å². The lowest BCUT2D eigenvalue weighted by molar-refractivity contribution is 0.202. The highest BCUT2D eigenvalue weighted by molar-refractivity contribution is 5.22. The molecule has 2 atom stereocenters. The average molecular weight is 295 g/mol. The summed E-state index contributed by atoms with van der Waals surface area (Å²) in [4.78, 5) is 4.87. The van der Waals surface area contributed by atoms with Crippen LogP contribution in [0.3, 0.4) is 0 Å². The Bertz CT molecular complexity index is 488. The Kier molecular flexibility index (Phi) is 4.52. The van der Waals surface area contributed by atoms with Crippen LogP contribution in [0.15, 0.2) is 18.2 Å². The Balaban J connectivity index is 1.70. The van der Waals surface area contributed by atoms with Crippen molar-refractivity contribution in [2.75, 3.05) is 32.7 Å². The highest BCUT2D eigenvalue weighted by Crippen LogP contribution is 2.28. The second kappa shape index (κ2) is 6.38. The van der Waals surface area contributed by atoms with E-state index in [1.165, 1.54) is 38.1 Å². The molecule has 0 saturated carbocycles. The third-order valence-electron chi connectivity index (χ3n) is 4.84. The number of rotatable bonds is 4. The molecule has 2 fully saturated rings. The predicted octanol–water partition coefficient (Wildman–Crippen LogP) is 2.13. The van der Waals surface area contributed by atoms with Crippen molar-refractivity contribution in [3.63, 3.8) is 0 Å². The maximum Gasteiger partial charge on any atom is 0.159 e. The van der Waals surface area contributed by atoms with E-state index < -0.39 is 11.6 Å². The molecular weight excluding hydrogens is 272 g/mol. The van der Waals surface area contributed by atoms with Crippen LogP contribution in [0.4, 0.5) is 8.78 Å². The number of hydrogen-bond donors (Lipinski definition) is 1. The Morgan fingerprint density at radius 3 is 2.57 bits per heavy atom. The van der Waals surface area contributed by atoms with Crippen molar-refractivity contribution in [2.24, 2.45) is 5.73 Å². The van der Waals surface area contributed by atoms with Crippen LogP contribution in [-0.4, -0.2) is 48.6 Å². The van der Waals surface area contributed by atoms with Crippen molar-refractivity contribution in [1.29, 1.82) is 0 Å². The molecule has 0 spiro atoms. The quantitative estimate of drug-likeness (QED) is 0.923. The molecule has 5 heteroatoms. The molecule has 21 heavy (non-hydrogen) atoms. The second-order valence-electron chi connectivity index (χ2n) is 6.11. The number of hydrogen-bond acceptors (Lipinski definition) is 3. The van der Waals surface area contributed by atoms with Gasteiger partial charge in [-0.15, -0.1) is 0 Å². The van der Waals surface area contributed by atoms with Gasteiger partial charge in [-0.3, -0.25) is 9.80 Å². The van der Waals surface area contributed by atoms with E-state index in [0.717, 1.165) is 25.1 Å². The summed E-state index contributed by atoms with van der Waals surface area (Å²) in [7, 11) is 0. The first-order chi connectivity index (χ1) is 10.2. The smallest absolute Gasteiger partial charge is 0.159 e. The second-order valence-corrected chi connectivity index (χ2v) is 6.11. The van der Waals surface area contributed by atoms with E-state index in [1.54, 1.807) is 6.07 Å². The van der Waals surface area contributed by atoms with Crippen LogP contribution in [0.1, 0.15) is 30.9 Å². The maximum atomic E-state index is 13.4. The minimum atomic E-state index is -0.800. The van der Waals surface area contributed by atoms with Gasteiger partial charge in [0, 0.05) is 31.7 Å². The van der Waals surface area contributed by atoms with Gasteiger partial charge in [-0.05, 0) is 50.0 Å². The van der Waals surface area contributed by atoms with Crippen molar-refractivity contribution in [1.82, 2.24) is 9.80 Å². The molecule has 0 amide bonds. The number of nitrogens with two attached hydrogens (primary N) is 1. The van der Waals surface area contributed by atoms with Gasteiger partial charge in [0.05, 0.1) is 0 Å². The minimum Gasteiger partial charge on any atom is -0.329 e. The number of halogens is 2. The highest BCUT2D eigenvalue weighted by atomic mass is 19.2. The first-order valence-corrected chi connectivity index (χ1v) is 7.82. The molecule has 1 aromatic rings. The Labute approximate surface area is 124 Å². The molecule has 2 aliphatic heterocycles. The van der Waals surface area contributed by atoms with Gasteiger partial charge < -0.3 is 5.73 Å². The molecule has 116 valence electrons. The van der Waals surface area contributed by atoms with Crippen molar-refractivity contribution >= 4 is 0 Å². The van der Waals surface area contributed by atoms with Crippen molar-refractivity contribution in [3.8, 4) is 0 Å². The molecule has 2 heterocycles. The van der Waals surface area contributed by atoms with Crippen LogP contribution in [0.2, 0.25) is 0 Å². The van der Waals surface area contributed by atoms with Gasteiger partial charge in [0.1, 0.15) is 0 Å². The van der Waals surface area contributed by atoms with Crippen molar-refractivity contribution in [3.05, 3.63) is 35.4 Å². The molecule has 2 N–H and O–H groups in total. The summed E-state index contributed by atoms with van der Waals surface area (Å²) in [5, 5.41) is 0. The molecule has 3 rings (SSSR count). The molecule has 2 unspecified atom stereocenters.